The van der Waals surface area contributed by atoms with E-state index in [2.05, 4.69) is 5.32 Å². The molecular formula is C26H27NO4S. The molecule has 1 unspecified atom stereocenters. The number of anilines is 1. The standard InChI is InChI=1S/C26H27NO4S/c28-26(22-9-5-11-24(17-22)31-18-20-6-2-1-3-7-20)27-23-10-4-8-21(16-23)19-32(29)25-12-14-30-15-13-25/h1-11,16-17,25H,12-15,18-19H2,(H,27,28). The van der Waals surface area contributed by atoms with Gasteiger partial charge < -0.3 is 14.8 Å². The number of ether oxygens (including phenoxy) is 2. The molecule has 1 heterocycles. The first-order valence-electron chi connectivity index (χ1n) is 10.8. The van der Waals surface area contributed by atoms with Crippen LogP contribution in [0.15, 0.2) is 78.9 Å². The Morgan fingerprint density at radius 3 is 2.50 bits per heavy atom. The molecule has 1 aliphatic rings. The minimum absolute atomic E-state index is 0.181. The molecule has 5 nitrogen and oxygen atoms in total. The van der Waals surface area contributed by atoms with Crippen molar-refractivity contribution in [3.63, 3.8) is 0 Å². The Balaban J connectivity index is 1.36. The van der Waals surface area contributed by atoms with E-state index in [4.69, 9.17) is 9.47 Å². The molecule has 1 saturated heterocycles. The second kappa shape index (κ2) is 11.1. The van der Waals surface area contributed by atoms with E-state index in [-0.39, 0.29) is 11.2 Å². The number of carbonyl (C=O) groups is 1. The van der Waals surface area contributed by atoms with Crippen LogP contribution in [0.2, 0.25) is 0 Å². The number of rotatable bonds is 8. The van der Waals surface area contributed by atoms with Crippen molar-refractivity contribution in [1.29, 1.82) is 0 Å². The van der Waals surface area contributed by atoms with Gasteiger partial charge in [0.1, 0.15) is 12.4 Å². The number of hydrogen-bond acceptors (Lipinski definition) is 4. The van der Waals surface area contributed by atoms with Gasteiger partial charge in [0.15, 0.2) is 0 Å². The maximum absolute atomic E-state index is 12.8. The van der Waals surface area contributed by atoms with Crippen molar-refractivity contribution in [3.05, 3.63) is 95.6 Å². The van der Waals surface area contributed by atoms with Gasteiger partial charge in [-0.25, -0.2) is 0 Å². The molecule has 1 atom stereocenters. The third-order valence-corrected chi connectivity index (χ3v) is 7.21. The minimum atomic E-state index is -0.945. The van der Waals surface area contributed by atoms with Crippen LogP contribution in [0.5, 0.6) is 5.75 Å². The van der Waals surface area contributed by atoms with E-state index < -0.39 is 10.8 Å². The predicted octanol–water partition coefficient (Wildman–Crippen LogP) is 4.95. The van der Waals surface area contributed by atoms with Gasteiger partial charge in [-0.05, 0) is 54.3 Å². The summed E-state index contributed by atoms with van der Waals surface area (Å²) in [5, 5.41) is 3.12. The van der Waals surface area contributed by atoms with Gasteiger partial charge in [-0.2, -0.15) is 0 Å². The lowest BCUT2D eigenvalue weighted by Crippen LogP contribution is -2.25. The average Bonchev–Trinajstić information content (AvgIpc) is 2.84. The molecule has 1 N–H and O–H groups in total. The van der Waals surface area contributed by atoms with Crippen molar-refractivity contribution >= 4 is 22.4 Å². The van der Waals surface area contributed by atoms with Crippen molar-refractivity contribution in [2.75, 3.05) is 18.5 Å². The fourth-order valence-corrected chi connectivity index (χ4v) is 5.09. The molecule has 0 bridgehead atoms. The zero-order valence-electron chi connectivity index (χ0n) is 17.9. The Morgan fingerprint density at radius 2 is 1.69 bits per heavy atom. The molecular weight excluding hydrogens is 422 g/mol. The third kappa shape index (κ3) is 6.28. The van der Waals surface area contributed by atoms with Gasteiger partial charge in [-0.1, -0.05) is 48.5 Å². The summed E-state index contributed by atoms with van der Waals surface area (Å²) >= 11 is 0. The van der Waals surface area contributed by atoms with Gasteiger partial charge in [-0.3, -0.25) is 9.00 Å². The van der Waals surface area contributed by atoms with Crippen molar-refractivity contribution in [1.82, 2.24) is 0 Å². The number of amides is 1. The molecule has 0 aliphatic carbocycles. The van der Waals surface area contributed by atoms with E-state index in [9.17, 15) is 9.00 Å². The van der Waals surface area contributed by atoms with E-state index in [1.807, 2.05) is 66.7 Å². The van der Waals surface area contributed by atoms with Crippen LogP contribution in [-0.2, 0) is 27.9 Å². The van der Waals surface area contributed by atoms with Crippen LogP contribution in [0.25, 0.3) is 0 Å². The summed E-state index contributed by atoms with van der Waals surface area (Å²) in [6, 6.07) is 24.6. The maximum Gasteiger partial charge on any atom is 0.255 e. The van der Waals surface area contributed by atoms with Gasteiger partial charge >= 0.3 is 0 Å². The summed E-state index contributed by atoms with van der Waals surface area (Å²) in [5.41, 5.74) is 3.23. The normalized spacial score (nSPS) is 15.1. The molecule has 1 aliphatic heterocycles. The quantitative estimate of drug-likeness (QED) is 0.529. The molecule has 1 fully saturated rings. The largest absolute Gasteiger partial charge is 0.489 e. The Kier molecular flexibility index (Phi) is 7.69. The van der Waals surface area contributed by atoms with Crippen molar-refractivity contribution in [2.45, 2.75) is 30.5 Å². The molecule has 0 saturated carbocycles. The lowest BCUT2D eigenvalue weighted by atomic mass is 10.1. The smallest absolute Gasteiger partial charge is 0.255 e. The number of carbonyl (C=O) groups excluding carboxylic acids is 1. The van der Waals surface area contributed by atoms with Gasteiger partial charge in [0.25, 0.3) is 5.91 Å². The molecule has 0 spiro atoms. The summed E-state index contributed by atoms with van der Waals surface area (Å²) < 4.78 is 23.9. The second-order valence-corrected chi connectivity index (χ2v) is 9.51. The van der Waals surface area contributed by atoms with Crippen LogP contribution in [0.3, 0.4) is 0 Å². The van der Waals surface area contributed by atoms with Crippen LogP contribution >= 0.6 is 0 Å². The highest BCUT2D eigenvalue weighted by atomic mass is 32.2. The predicted molar refractivity (Wildman–Crippen MR) is 127 cm³/mol. The topological polar surface area (TPSA) is 64.6 Å². The van der Waals surface area contributed by atoms with E-state index in [0.717, 1.165) is 24.0 Å². The van der Waals surface area contributed by atoms with E-state index >= 15 is 0 Å². The molecule has 6 heteroatoms. The molecule has 1 amide bonds. The highest BCUT2D eigenvalue weighted by Gasteiger charge is 2.20. The lowest BCUT2D eigenvalue weighted by Gasteiger charge is -2.21. The fourth-order valence-electron chi connectivity index (χ4n) is 3.63. The zero-order chi connectivity index (χ0) is 22.2. The molecule has 3 aromatic carbocycles. The number of nitrogens with one attached hydrogen (secondary N) is 1. The lowest BCUT2D eigenvalue weighted by molar-refractivity contribution is 0.0991. The first-order valence-corrected chi connectivity index (χ1v) is 12.2. The molecule has 4 rings (SSSR count). The Hall–Kier alpha value is -2.96. The van der Waals surface area contributed by atoms with E-state index in [0.29, 0.717) is 42.6 Å². The van der Waals surface area contributed by atoms with Crippen molar-refractivity contribution in [2.24, 2.45) is 0 Å². The highest BCUT2D eigenvalue weighted by molar-refractivity contribution is 7.84. The van der Waals surface area contributed by atoms with E-state index in [1.165, 1.54) is 0 Å². The first kappa shape index (κ1) is 22.2. The zero-order valence-corrected chi connectivity index (χ0v) is 18.7. The third-order valence-electron chi connectivity index (χ3n) is 5.38. The average molecular weight is 450 g/mol. The van der Waals surface area contributed by atoms with Crippen LogP contribution in [0.4, 0.5) is 5.69 Å². The molecule has 166 valence electrons. The summed E-state index contributed by atoms with van der Waals surface area (Å²) in [7, 11) is -0.945. The summed E-state index contributed by atoms with van der Waals surface area (Å²) in [5.74, 6) is 0.914. The molecule has 0 radical (unpaired) electrons. The SMILES string of the molecule is O=C(Nc1cccc(CS(=O)C2CCOCC2)c1)c1cccc(OCc2ccccc2)c1. The monoisotopic (exact) mass is 449 g/mol. The minimum Gasteiger partial charge on any atom is -0.489 e. The fraction of sp³-hybridized carbons (Fsp3) is 0.269. The Bertz CT molecular complexity index is 1060. The van der Waals surface area contributed by atoms with Crippen LogP contribution in [0.1, 0.15) is 34.3 Å². The highest BCUT2D eigenvalue weighted by Crippen LogP contribution is 2.20. The van der Waals surface area contributed by atoms with Crippen LogP contribution < -0.4 is 10.1 Å². The summed E-state index contributed by atoms with van der Waals surface area (Å²) in [6.45, 7) is 1.81. The van der Waals surface area contributed by atoms with Gasteiger partial charge in [0.05, 0.1) is 0 Å². The van der Waals surface area contributed by atoms with Crippen molar-refractivity contribution in [3.8, 4) is 5.75 Å². The van der Waals surface area contributed by atoms with Gasteiger partial charge in [0, 0.05) is 46.3 Å². The van der Waals surface area contributed by atoms with Crippen LogP contribution in [-0.4, -0.2) is 28.6 Å². The number of hydrogen-bond donors (Lipinski definition) is 1. The first-order chi connectivity index (χ1) is 15.7. The number of benzene rings is 3. The summed E-state index contributed by atoms with van der Waals surface area (Å²) in [4.78, 5) is 12.8. The van der Waals surface area contributed by atoms with Crippen LogP contribution in [0, 0.1) is 0 Å². The Morgan fingerprint density at radius 1 is 0.938 bits per heavy atom. The van der Waals surface area contributed by atoms with Gasteiger partial charge in [0.2, 0.25) is 0 Å². The van der Waals surface area contributed by atoms with E-state index in [1.54, 1.807) is 12.1 Å². The second-order valence-electron chi connectivity index (χ2n) is 7.79. The molecule has 3 aromatic rings. The van der Waals surface area contributed by atoms with Gasteiger partial charge in [-0.15, -0.1) is 0 Å². The molecule has 0 aromatic heterocycles. The summed E-state index contributed by atoms with van der Waals surface area (Å²) in [6.07, 6.45) is 1.68. The van der Waals surface area contributed by atoms with Crippen molar-refractivity contribution < 1.29 is 18.5 Å². The molecule has 32 heavy (non-hydrogen) atoms. The Labute approximate surface area is 191 Å². The maximum atomic E-state index is 12.8.